The van der Waals surface area contributed by atoms with E-state index in [2.05, 4.69) is 10.4 Å². The summed E-state index contributed by atoms with van der Waals surface area (Å²) in [4.78, 5) is 35.2. The van der Waals surface area contributed by atoms with Crippen molar-refractivity contribution in [3.05, 3.63) is 50.4 Å². The number of carbonyl (C=O) groups excluding carboxylic acids is 1. The number of hydrogen-bond acceptors (Lipinski definition) is 6. The highest BCUT2D eigenvalue weighted by Crippen LogP contribution is 2.24. The fraction of sp³-hybridized carbons (Fsp3) is 0.294. The van der Waals surface area contributed by atoms with Gasteiger partial charge in [-0.2, -0.15) is 9.40 Å². The van der Waals surface area contributed by atoms with E-state index >= 15 is 0 Å². The lowest BCUT2D eigenvalue weighted by atomic mass is 10.2. The fourth-order valence-electron chi connectivity index (χ4n) is 2.37. The molecule has 2 rings (SSSR count). The summed E-state index contributed by atoms with van der Waals surface area (Å²) >= 11 is 11.4. The molecule has 13 heteroatoms. The maximum atomic E-state index is 12.8. The van der Waals surface area contributed by atoms with E-state index in [-0.39, 0.29) is 20.6 Å². The second-order valence-corrected chi connectivity index (χ2v) is 9.08. The molecule has 1 amide bonds. The Morgan fingerprint density at radius 1 is 1.33 bits per heavy atom. The third-order valence-electron chi connectivity index (χ3n) is 4.27. The molecule has 1 aromatic heterocycles. The van der Waals surface area contributed by atoms with Gasteiger partial charge in [-0.05, 0) is 31.5 Å². The molecule has 0 aliphatic carbocycles. The number of halogens is 2. The van der Waals surface area contributed by atoms with Crippen LogP contribution in [0.3, 0.4) is 0 Å². The van der Waals surface area contributed by atoms with Crippen LogP contribution in [0.1, 0.15) is 12.5 Å². The molecule has 2 N–H and O–H groups in total. The van der Waals surface area contributed by atoms with Crippen LogP contribution >= 0.6 is 23.2 Å². The molecular formula is C17H18Cl2N4O6S. The molecule has 0 aliphatic rings. The minimum atomic E-state index is -4.15. The van der Waals surface area contributed by atoms with E-state index in [1.807, 2.05) is 0 Å². The summed E-state index contributed by atoms with van der Waals surface area (Å²) in [6.07, 6.45) is 1.12. The van der Waals surface area contributed by atoms with Gasteiger partial charge in [0.15, 0.2) is 0 Å². The summed E-state index contributed by atoms with van der Waals surface area (Å²) < 4.78 is 27.1. The number of rotatable bonds is 7. The van der Waals surface area contributed by atoms with E-state index in [0.717, 1.165) is 22.2 Å². The van der Waals surface area contributed by atoms with E-state index in [4.69, 9.17) is 28.3 Å². The molecule has 10 nitrogen and oxygen atoms in total. The highest BCUT2D eigenvalue weighted by molar-refractivity contribution is 7.89. The second-order valence-electron chi connectivity index (χ2n) is 6.33. The summed E-state index contributed by atoms with van der Waals surface area (Å²) in [6.45, 7) is 2.29. The molecule has 1 heterocycles. The highest BCUT2D eigenvalue weighted by Gasteiger charge is 2.30. The monoisotopic (exact) mass is 476 g/mol. The molecule has 0 saturated heterocycles. The number of aliphatic carboxylic acids is 1. The Labute approximate surface area is 182 Å². The van der Waals surface area contributed by atoms with E-state index < -0.39 is 40.0 Å². The number of anilines is 1. The normalized spacial score (nSPS) is 12.6. The minimum Gasteiger partial charge on any atom is -0.480 e. The van der Waals surface area contributed by atoms with Crippen LogP contribution in [0.5, 0.6) is 0 Å². The zero-order valence-corrected chi connectivity index (χ0v) is 18.4. The number of aromatic nitrogens is 2. The van der Waals surface area contributed by atoms with Gasteiger partial charge >= 0.3 is 5.97 Å². The Kier molecular flexibility index (Phi) is 7.24. The van der Waals surface area contributed by atoms with Crippen LogP contribution in [-0.2, 0) is 26.2 Å². The Hall–Kier alpha value is -2.47. The van der Waals surface area contributed by atoms with Crippen LogP contribution in [-0.4, -0.2) is 52.6 Å². The Morgan fingerprint density at radius 3 is 2.57 bits per heavy atom. The number of carboxylic acids is 1. The molecule has 162 valence electrons. The molecule has 0 aliphatic heterocycles. The lowest BCUT2D eigenvalue weighted by Gasteiger charge is -2.22. The maximum Gasteiger partial charge on any atom is 0.321 e. The number of nitrogens with one attached hydrogen (secondary N) is 1. The number of benzene rings is 1. The lowest BCUT2D eigenvalue weighted by Crippen LogP contribution is -2.40. The Bertz CT molecular complexity index is 1170. The largest absolute Gasteiger partial charge is 0.480 e. The average Bonchev–Trinajstić information content (AvgIpc) is 2.68. The van der Waals surface area contributed by atoms with Crippen LogP contribution in [0.25, 0.3) is 0 Å². The predicted molar refractivity (Wildman–Crippen MR) is 110 cm³/mol. The van der Waals surface area contributed by atoms with Gasteiger partial charge in [0, 0.05) is 12.7 Å². The molecule has 0 saturated carbocycles. The van der Waals surface area contributed by atoms with E-state index in [9.17, 15) is 22.8 Å². The molecule has 0 radical (unpaired) electrons. The van der Waals surface area contributed by atoms with Gasteiger partial charge in [0.25, 0.3) is 5.56 Å². The maximum absolute atomic E-state index is 12.8. The van der Waals surface area contributed by atoms with Crippen molar-refractivity contribution in [2.75, 3.05) is 12.4 Å². The quantitative estimate of drug-likeness (QED) is 0.618. The number of sulfonamides is 1. The van der Waals surface area contributed by atoms with Crippen molar-refractivity contribution in [1.82, 2.24) is 14.1 Å². The van der Waals surface area contributed by atoms with Crippen LogP contribution in [0.15, 0.2) is 34.1 Å². The summed E-state index contributed by atoms with van der Waals surface area (Å²) in [6, 6.07) is 2.85. The number of aryl methyl sites for hydroxylation is 1. The topological polar surface area (TPSA) is 139 Å². The van der Waals surface area contributed by atoms with Crippen molar-refractivity contribution in [1.29, 1.82) is 0 Å². The minimum absolute atomic E-state index is 0.0496. The van der Waals surface area contributed by atoms with Gasteiger partial charge in [0.05, 0.1) is 16.1 Å². The summed E-state index contributed by atoms with van der Waals surface area (Å²) in [5.41, 5.74) is -0.260. The van der Waals surface area contributed by atoms with E-state index in [0.29, 0.717) is 5.56 Å². The van der Waals surface area contributed by atoms with Gasteiger partial charge < -0.3 is 10.4 Å². The summed E-state index contributed by atoms with van der Waals surface area (Å²) in [5.74, 6) is -1.97. The van der Waals surface area contributed by atoms with Crippen LogP contribution in [0.4, 0.5) is 5.69 Å². The van der Waals surface area contributed by atoms with Crippen LogP contribution in [0.2, 0.25) is 10.0 Å². The fourth-order valence-corrected chi connectivity index (χ4v) is 4.21. The zero-order chi connectivity index (χ0) is 22.8. The molecule has 2 aromatic rings. The molecule has 1 aromatic carbocycles. The van der Waals surface area contributed by atoms with Crippen molar-refractivity contribution >= 4 is 50.8 Å². The van der Waals surface area contributed by atoms with Gasteiger partial charge in [-0.1, -0.05) is 29.3 Å². The van der Waals surface area contributed by atoms with Crippen LogP contribution < -0.4 is 10.9 Å². The van der Waals surface area contributed by atoms with E-state index in [1.54, 1.807) is 0 Å². The van der Waals surface area contributed by atoms with Crippen LogP contribution in [0, 0.1) is 6.92 Å². The molecule has 0 spiro atoms. The average molecular weight is 477 g/mol. The van der Waals surface area contributed by atoms with E-state index in [1.165, 1.54) is 32.0 Å². The number of carboxylic acid groups (broad SMARTS) is 1. The number of likely N-dealkylation sites (N-methyl/N-ethyl adjacent to an activating group) is 1. The number of hydrogen-bond donors (Lipinski definition) is 2. The van der Waals surface area contributed by atoms with Gasteiger partial charge in [0.2, 0.25) is 15.9 Å². The first-order chi connectivity index (χ1) is 13.9. The van der Waals surface area contributed by atoms with Crippen molar-refractivity contribution in [2.45, 2.75) is 31.3 Å². The first-order valence-electron chi connectivity index (χ1n) is 8.38. The molecule has 0 unspecified atom stereocenters. The standard InChI is InChI=1S/C17H18Cl2N4O6S/c1-9-4-5-11(6-13(9)30(28,29)22(3)10(2)17(26)27)21-14(24)8-23-16(25)15(19)12(18)7-20-23/h4-7,10H,8H2,1-3H3,(H,21,24)(H,26,27)/t10-/m0/s1. The highest BCUT2D eigenvalue weighted by atomic mass is 35.5. The van der Waals surface area contributed by atoms with Crippen molar-refractivity contribution in [3.63, 3.8) is 0 Å². The predicted octanol–water partition coefficient (Wildman–Crippen LogP) is 1.59. The SMILES string of the molecule is Cc1ccc(NC(=O)Cn2ncc(Cl)c(Cl)c2=O)cc1S(=O)(=O)N(C)[C@@H](C)C(=O)O. The van der Waals surface area contributed by atoms with Crippen molar-refractivity contribution in [3.8, 4) is 0 Å². The Balaban J connectivity index is 2.29. The van der Waals surface area contributed by atoms with Crippen molar-refractivity contribution < 1.29 is 23.1 Å². The molecule has 0 fully saturated rings. The number of carbonyl (C=O) groups is 2. The van der Waals surface area contributed by atoms with Gasteiger partial charge in [-0.3, -0.25) is 14.4 Å². The summed E-state index contributed by atoms with van der Waals surface area (Å²) in [5, 5.41) is 14.9. The lowest BCUT2D eigenvalue weighted by molar-refractivity contribution is -0.140. The third kappa shape index (κ3) is 4.98. The zero-order valence-electron chi connectivity index (χ0n) is 16.1. The molecular weight excluding hydrogens is 459 g/mol. The number of nitrogens with zero attached hydrogens (tertiary/aromatic N) is 3. The van der Waals surface area contributed by atoms with Crippen molar-refractivity contribution in [2.24, 2.45) is 0 Å². The molecule has 1 atom stereocenters. The first kappa shape index (κ1) is 23.8. The molecule has 30 heavy (non-hydrogen) atoms. The first-order valence-corrected chi connectivity index (χ1v) is 10.6. The third-order valence-corrected chi connectivity index (χ3v) is 7.09. The van der Waals surface area contributed by atoms with Gasteiger partial charge in [-0.15, -0.1) is 0 Å². The molecule has 0 bridgehead atoms. The second kappa shape index (κ2) is 9.13. The Morgan fingerprint density at radius 2 is 1.97 bits per heavy atom. The van der Waals surface area contributed by atoms with Gasteiger partial charge in [-0.25, -0.2) is 13.1 Å². The smallest absolute Gasteiger partial charge is 0.321 e. The van der Waals surface area contributed by atoms with Gasteiger partial charge in [0.1, 0.15) is 17.6 Å². The number of amides is 1. The summed E-state index contributed by atoms with van der Waals surface area (Å²) in [7, 11) is -2.99.